The predicted molar refractivity (Wildman–Crippen MR) is 57.9 cm³/mol. The van der Waals surface area contributed by atoms with Crippen LogP contribution in [0.5, 0.6) is 11.5 Å². The fraction of sp³-hybridized carbons (Fsp3) is 0.182. The molecule has 0 radical (unpaired) electrons. The summed E-state index contributed by atoms with van der Waals surface area (Å²) in [5, 5.41) is 0. The number of benzene rings is 1. The van der Waals surface area contributed by atoms with Gasteiger partial charge < -0.3 is 15.2 Å². The van der Waals surface area contributed by atoms with E-state index in [1.807, 2.05) is 0 Å². The summed E-state index contributed by atoms with van der Waals surface area (Å²) >= 11 is 0. The molecule has 1 rings (SSSR count). The second-order valence-electron chi connectivity index (χ2n) is 3.02. The van der Waals surface area contributed by atoms with Crippen LogP contribution in [0, 0.1) is 0 Å². The summed E-state index contributed by atoms with van der Waals surface area (Å²) in [5.74, 6) is -0.521. The van der Waals surface area contributed by atoms with Crippen molar-refractivity contribution < 1.29 is 23.0 Å². The second-order valence-corrected chi connectivity index (χ2v) is 3.02. The Morgan fingerprint density at radius 2 is 2.12 bits per heavy atom. The van der Waals surface area contributed by atoms with Crippen molar-refractivity contribution in [3.63, 3.8) is 0 Å². The molecule has 0 bridgehead atoms. The van der Waals surface area contributed by atoms with Crippen molar-refractivity contribution in [1.29, 1.82) is 0 Å². The average molecular weight is 243 g/mol. The maximum absolute atomic E-state index is 12.0. The van der Waals surface area contributed by atoms with E-state index in [1.54, 1.807) is 0 Å². The van der Waals surface area contributed by atoms with Crippen molar-refractivity contribution in [2.24, 2.45) is 5.73 Å². The monoisotopic (exact) mass is 243 g/mol. The smallest absolute Gasteiger partial charge is 0.387 e. The van der Waals surface area contributed by atoms with Gasteiger partial charge in [0.05, 0.1) is 7.11 Å². The highest BCUT2D eigenvalue weighted by atomic mass is 19.3. The number of primary amides is 1. The molecule has 92 valence electrons. The molecule has 0 atom stereocenters. The minimum atomic E-state index is -2.92. The predicted octanol–water partition coefficient (Wildman–Crippen LogP) is 1.80. The first kappa shape index (κ1) is 13.0. The van der Waals surface area contributed by atoms with Crippen LogP contribution < -0.4 is 15.2 Å². The fourth-order valence-corrected chi connectivity index (χ4v) is 1.16. The lowest BCUT2D eigenvalue weighted by Gasteiger charge is -2.09. The molecule has 0 aliphatic heterocycles. The van der Waals surface area contributed by atoms with Crippen LogP contribution in [0.25, 0.3) is 6.08 Å². The maximum Gasteiger partial charge on any atom is 0.387 e. The summed E-state index contributed by atoms with van der Waals surface area (Å²) in [5.41, 5.74) is 5.51. The van der Waals surface area contributed by atoms with Gasteiger partial charge in [0.2, 0.25) is 5.91 Å². The normalized spacial score (nSPS) is 10.8. The summed E-state index contributed by atoms with van der Waals surface area (Å²) in [6, 6.07) is 4.28. The van der Waals surface area contributed by atoms with Crippen molar-refractivity contribution in [2.45, 2.75) is 6.61 Å². The molecule has 0 saturated heterocycles. The Morgan fingerprint density at radius 1 is 1.41 bits per heavy atom. The van der Waals surface area contributed by atoms with Crippen molar-refractivity contribution in [2.75, 3.05) is 7.11 Å². The van der Waals surface area contributed by atoms with Gasteiger partial charge in [-0.2, -0.15) is 8.78 Å². The van der Waals surface area contributed by atoms with E-state index in [0.717, 1.165) is 6.08 Å². The second kappa shape index (κ2) is 5.83. The van der Waals surface area contributed by atoms with E-state index in [1.165, 1.54) is 31.4 Å². The fourth-order valence-electron chi connectivity index (χ4n) is 1.16. The van der Waals surface area contributed by atoms with Crippen LogP contribution in [0.3, 0.4) is 0 Å². The van der Waals surface area contributed by atoms with Crippen LogP contribution in [0.15, 0.2) is 24.3 Å². The minimum Gasteiger partial charge on any atom is -0.493 e. The molecule has 4 nitrogen and oxygen atoms in total. The zero-order valence-corrected chi connectivity index (χ0v) is 9.02. The molecule has 1 amide bonds. The molecular formula is C11H11F2NO3. The van der Waals surface area contributed by atoms with Crippen LogP contribution in [0.1, 0.15) is 5.56 Å². The molecule has 0 fully saturated rings. The highest BCUT2D eigenvalue weighted by Crippen LogP contribution is 2.29. The molecule has 0 unspecified atom stereocenters. The Hall–Kier alpha value is -2.11. The molecular weight excluding hydrogens is 232 g/mol. The van der Waals surface area contributed by atoms with Gasteiger partial charge in [0.25, 0.3) is 0 Å². The van der Waals surface area contributed by atoms with E-state index in [9.17, 15) is 13.6 Å². The number of halogens is 2. The number of methoxy groups -OCH3 is 1. The summed E-state index contributed by atoms with van der Waals surface area (Å²) in [6.45, 7) is -2.92. The first-order valence-corrected chi connectivity index (χ1v) is 4.63. The number of carbonyl (C=O) groups is 1. The number of hydrogen-bond donors (Lipinski definition) is 1. The molecule has 0 aromatic heterocycles. The molecule has 6 heteroatoms. The largest absolute Gasteiger partial charge is 0.493 e. The van der Waals surface area contributed by atoms with Gasteiger partial charge in [-0.05, 0) is 23.8 Å². The Balaban J connectivity index is 2.95. The molecule has 17 heavy (non-hydrogen) atoms. The molecule has 0 aliphatic carbocycles. The summed E-state index contributed by atoms with van der Waals surface area (Å²) in [7, 11) is 1.33. The van der Waals surface area contributed by atoms with Gasteiger partial charge in [-0.15, -0.1) is 0 Å². The maximum atomic E-state index is 12.0. The van der Waals surface area contributed by atoms with Gasteiger partial charge in [-0.1, -0.05) is 6.07 Å². The van der Waals surface area contributed by atoms with E-state index in [0.29, 0.717) is 5.56 Å². The summed E-state index contributed by atoms with van der Waals surface area (Å²) in [4.78, 5) is 10.5. The van der Waals surface area contributed by atoms with Gasteiger partial charge in [0.15, 0.2) is 11.5 Å². The van der Waals surface area contributed by atoms with Gasteiger partial charge in [-0.3, -0.25) is 4.79 Å². The van der Waals surface area contributed by atoms with E-state index < -0.39 is 12.5 Å². The standard InChI is InChI=1S/C11H11F2NO3/c1-16-9-6-7(3-5-10(14)15)2-4-8(9)17-11(12)13/h2-6,11H,1H3,(H2,14,15). The van der Waals surface area contributed by atoms with Crippen LogP contribution >= 0.6 is 0 Å². The van der Waals surface area contributed by atoms with Gasteiger partial charge in [-0.25, -0.2) is 0 Å². The Bertz CT molecular complexity index is 433. The third-order valence-corrected chi connectivity index (χ3v) is 1.84. The SMILES string of the molecule is COc1cc(C=CC(N)=O)ccc1OC(F)F. The molecule has 2 N–H and O–H groups in total. The van der Waals surface area contributed by atoms with E-state index >= 15 is 0 Å². The molecule has 0 heterocycles. The Labute approximate surface area is 96.6 Å². The summed E-state index contributed by atoms with van der Waals surface area (Å²) < 4.78 is 33.2. The molecule has 0 aliphatic rings. The third kappa shape index (κ3) is 4.10. The zero-order chi connectivity index (χ0) is 12.8. The van der Waals surface area contributed by atoms with Crippen molar-refractivity contribution in [3.8, 4) is 11.5 Å². The number of amides is 1. The first-order valence-electron chi connectivity index (χ1n) is 4.63. The lowest BCUT2D eigenvalue weighted by molar-refractivity contribution is -0.113. The first-order chi connectivity index (χ1) is 8.02. The molecule has 0 saturated carbocycles. The lowest BCUT2D eigenvalue weighted by Crippen LogP contribution is -2.05. The summed E-state index contributed by atoms with van der Waals surface area (Å²) in [6.07, 6.45) is 2.60. The highest BCUT2D eigenvalue weighted by Gasteiger charge is 2.10. The van der Waals surface area contributed by atoms with Crippen molar-refractivity contribution >= 4 is 12.0 Å². The van der Waals surface area contributed by atoms with Gasteiger partial charge in [0.1, 0.15) is 0 Å². The highest BCUT2D eigenvalue weighted by molar-refractivity contribution is 5.90. The number of rotatable bonds is 5. The third-order valence-electron chi connectivity index (χ3n) is 1.84. The van der Waals surface area contributed by atoms with Crippen LogP contribution in [-0.2, 0) is 4.79 Å². The van der Waals surface area contributed by atoms with Gasteiger partial charge in [0, 0.05) is 6.08 Å². The van der Waals surface area contributed by atoms with E-state index in [-0.39, 0.29) is 11.5 Å². The number of carbonyl (C=O) groups excluding carboxylic acids is 1. The van der Waals surface area contributed by atoms with Crippen LogP contribution in [0.4, 0.5) is 8.78 Å². The number of hydrogen-bond acceptors (Lipinski definition) is 3. The quantitative estimate of drug-likeness (QED) is 0.802. The molecule has 1 aromatic rings. The number of ether oxygens (including phenoxy) is 2. The van der Waals surface area contributed by atoms with Gasteiger partial charge >= 0.3 is 6.61 Å². The minimum absolute atomic E-state index is 0.0706. The van der Waals surface area contributed by atoms with Crippen LogP contribution in [0.2, 0.25) is 0 Å². The Kier molecular flexibility index (Phi) is 4.45. The Morgan fingerprint density at radius 3 is 2.65 bits per heavy atom. The van der Waals surface area contributed by atoms with Crippen molar-refractivity contribution in [3.05, 3.63) is 29.8 Å². The van der Waals surface area contributed by atoms with Crippen molar-refractivity contribution in [1.82, 2.24) is 0 Å². The lowest BCUT2D eigenvalue weighted by atomic mass is 10.2. The van der Waals surface area contributed by atoms with E-state index in [2.05, 4.69) is 4.74 Å². The van der Waals surface area contributed by atoms with E-state index in [4.69, 9.17) is 10.5 Å². The number of alkyl halides is 2. The topological polar surface area (TPSA) is 61.5 Å². The zero-order valence-electron chi connectivity index (χ0n) is 9.02. The molecule has 1 aromatic carbocycles. The average Bonchev–Trinajstić information content (AvgIpc) is 2.26. The molecule has 0 spiro atoms. The van der Waals surface area contributed by atoms with Crippen LogP contribution in [-0.4, -0.2) is 19.6 Å². The number of nitrogens with two attached hydrogens (primary N) is 1.